The number of hydrogen-bond donors (Lipinski definition) is 1. The van der Waals surface area contributed by atoms with Gasteiger partial charge in [-0.1, -0.05) is 29.8 Å². The van der Waals surface area contributed by atoms with Crippen molar-refractivity contribution in [3.05, 3.63) is 85.3 Å². The van der Waals surface area contributed by atoms with Gasteiger partial charge in [-0.15, -0.1) is 0 Å². The van der Waals surface area contributed by atoms with Gasteiger partial charge in [0.2, 0.25) is 5.91 Å². The maximum atomic E-state index is 13.2. The predicted molar refractivity (Wildman–Crippen MR) is 165 cm³/mol. The molecule has 1 aliphatic heterocycles. The molecular weight excluding hydrogens is 700 g/mol. The standard InChI is InChI=1S/C30H26F3IN2O6S/c1-4-41-24-12-19(11-21(34)27(24)42-16-18-7-5-17(2)6-8-18)13-25-28(38)36(29(39)43-25)15-26(37)35-22-14-20(30(31,32)33)9-10-23(22)40-3/h5-14H,4,15-16H2,1-3H3,(H,35,37)/b25-13-. The lowest BCUT2D eigenvalue weighted by atomic mass is 10.1. The molecule has 0 radical (unpaired) electrons. The second kappa shape index (κ2) is 13.7. The fourth-order valence-electron chi connectivity index (χ4n) is 4.02. The molecule has 0 saturated carbocycles. The fraction of sp³-hybridized carbons (Fsp3) is 0.233. The summed E-state index contributed by atoms with van der Waals surface area (Å²) in [5.74, 6) is -0.601. The monoisotopic (exact) mass is 726 g/mol. The molecule has 0 spiro atoms. The van der Waals surface area contributed by atoms with Crippen LogP contribution in [0.3, 0.4) is 0 Å². The number of methoxy groups -OCH3 is 1. The molecule has 0 aromatic heterocycles. The molecule has 1 aliphatic rings. The molecule has 13 heteroatoms. The summed E-state index contributed by atoms with van der Waals surface area (Å²) in [6.07, 6.45) is -3.14. The maximum absolute atomic E-state index is 13.2. The largest absolute Gasteiger partial charge is 0.495 e. The zero-order valence-corrected chi connectivity index (χ0v) is 26.2. The highest BCUT2D eigenvalue weighted by Gasteiger charge is 2.37. The Labute approximate surface area is 263 Å². The minimum atomic E-state index is -4.64. The van der Waals surface area contributed by atoms with E-state index in [2.05, 4.69) is 27.9 Å². The van der Waals surface area contributed by atoms with Crippen molar-refractivity contribution < 1.29 is 41.8 Å². The Morgan fingerprint density at radius 3 is 2.42 bits per heavy atom. The normalized spacial score (nSPS) is 14.3. The van der Waals surface area contributed by atoms with Gasteiger partial charge in [0.05, 0.1) is 33.4 Å². The van der Waals surface area contributed by atoms with Gasteiger partial charge in [0.1, 0.15) is 18.9 Å². The molecule has 43 heavy (non-hydrogen) atoms. The zero-order chi connectivity index (χ0) is 31.3. The zero-order valence-electron chi connectivity index (χ0n) is 23.2. The molecule has 0 aliphatic carbocycles. The number of anilines is 1. The van der Waals surface area contributed by atoms with E-state index in [-0.39, 0.29) is 16.3 Å². The van der Waals surface area contributed by atoms with E-state index in [1.54, 1.807) is 12.1 Å². The topological polar surface area (TPSA) is 94.2 Å². The summed E-state index contributed by atoms with van der Waals surface area (Å²) in [6, 6.07) is 14.0. The number of imide groups is 1. The lowest BCUT2D eigenvalue weighted by Crippen LogP contribution is -2.36. The number of benzene rings is 3. The smallest absolute Gasteiger partial charge is 0.416 e. The number of carbonyl (C=O) groups is 3. The number of nitrogens with one attached hydrogen (secondary N) is 1. The molecule has 1 fully saturated rings. The first-order valence-electron chi connectivity index (χ1n) is 12.8. The van der Waals surface area contributed by atoms with Gasteiger partial charge in [-0.3, -0.25) is 19.3 Å². The van der Waals surface area contributed by atoms with Crippen LogP contribution in [-0.4, -0.2) is 42.2 Å². The van der Waals surface area contributed by atoms with Crippen molar-refractivity contribution in [3.63, 3.8) is 0 Å². The molecule has 0 bridgehead atoms. The number of thioether (sulfide) groups is 1. The van der Waals surface area contributed by atoms with Crippen LogP contribution in [0, 0.1) is 10.5 Å². The second-order valence-electron chi connectivity index (χ2n) is 9.27. The van der Waals surface area contributed by atoms with Gasteiger partial charge in [0, 0.05) is 0 Å². The number of halogens is 4. The van der Waals surface area contributed by atoms with Crippen LogP contribution in [0.25, 0.3) is 6.08 Å². The van der Waals surface area contributed by atoms with Crippen LogP contribution in [-0.2, 0) is 22.4 Å². The molecule has 1 N–H and O–H groups in total. The third-order valence-electron chi connectivity index (χ3n) is 6.11. The Balaban J connectivity index is 1.49. The number of ether oxygens (including phenoxy) is 3. The summed E-state index contributed by atoms with van der Waals surface area (Å²) in [4.78, 5) is 39.2. The average Bonchev–Trinajstić information content (AvgIpc) is 3.20. The van der Waals surface area contributed by atoms with Crippen molar-refractivity contribution in [3.8, 4) is 17.2 Å². The molecule has 1 saturated heterocycles. The van der Waals surface area contributed by atoms with Crippen molar-refractivity contribution in [1.29, 1.82) is 0 Å². The van der Waals surface area contributed by atoms with Crippen LogP contribution in [0.1, 0.15) is 29.2 Å². The summed E-state index contributed by atoms with van der Waals surface area (Å²) in [7, 11) is 1.24. The summed E-state index contributed by atoms with van der Waals surface area (Å²) >= 11 is 2.75. The maximum Gasteiger partial charge on any atom is 0.416 e. The van der Waals surface area contributed by atoms with Gasteiger partial charge in [-0.05, 0) is 95.7 Å². The molecular formula is C30H26F3IN2O6S. The Morgan fingerprint density at radius 1 is 1.05 bits per heavy atom. The Kier molecular flexibility index (Phi) is 10.3. The Hall–Kier alpha value is -3.72. The lowest BCUT2D eigenvalue weighted by Gasteiger charge is -2.16. The Morgan fingerprint density at radius 2 is 1.77 bits per heavy atom. The average molecular weight is 727 g/mol. The number of carbonyl (C=O) groups excluding carboxylic acids is 3. The molecule has 0 unspecified atom stereocenters. The minimum Gasteiger partial charge on any atom is -0.495 e. The summed E-state index contributed by atoms with van der Waals surface area (Å²) in [5.41, 5.74) is 1.45. The van der Waals surface area contributed by atoms with Crippen molar-refractivity contribution in [2.45, 2.75) is 26.6 Å². The first-order valence-corrected chi connectivity index (χ1v) is 14.7. The van der Waals surface area contributed by atoms with Gasteiger partial charge in [0.25, 0.3) is 11.1 Å². The first-order chi connectivity index (χ1) is 20.4. The van der Waals surface area contributed by atoms with E-state index in [0.717, 1.165) is 37.8 Å². The predicted octanol–water partition coefficient (Wildman–Crippen LogP) is 7.28. The molecule has 3 aromatic carbocycles. The Bertz CT molecular complexity index is 1580. The van der Waals surface area contributed by atoms with Gasteiger partial charge in [0.15, 0.2) is 11.5 Å². The number of amides is 3. The van der Waals surface area contributed by atoms with E-state index in [1.165, 1.54) is 13.2 Å². The number of aryl methyl sites for hydroxylation is 1. The SMILES string of the molecule is CCOc1cc(/C=C2\SC(=O)N(CC(=O)Nc3cc(C(F)(F)F)ccc3OC)C2=O)cc(I)c1OCc1ccc(C)cc1. The number of hydrogen-bond acceptors (Lipinski definition) is 7. The number of nitrogens with zero attached hydrogens (tertiary/aromatic N) is 1. The molecule has 1 heterocycles. The van der Waals surface area contributed by atoms with Crippen molar-refractivity contribution in [1.82, 2.24) is 4.90 Å². The van der Waals surface area contributed by atoms with Gasteiger partial charge < -0.3 is 19.5 Å². The molecule has 8 nitrogen and oxygen atoms in total. The van der Waals surface area contributed by atoms with E-state index in [0.29, 0.717) is 42.0 Å². The van der Waals surface area contributed by atoms with E-state index >= 15 is 0 Å². The third kappa shape index (κ3) is 8.02. The van der Waals surface area contributed by atoms with E-state index in [1.807, 2.05) is 38.1 Å². The quantitative estimate of drug-likeness (QED) is 0.174. The van der Waals surface area contributed by atoms with Crippen LogP contribution < -0.4 is 19.5 Å². The highest BCUT2D eigenvalue weighted by atomic mass is 127. The summed E-state index contributed by atoms with van der Waals surface area (Å²) in [6.45, 7) is 3.82. The lowest BCUT2D eigenvalue weighted by molar-refractivity contribution is -0.137. The summed E-state index contributed by atoms with van der Waals surface area (Å²) < 4.78 is 57.1. The van der Waals surface area contributed by atoms with Crippen LogP contribution >= 0.6 is 34.4 Å². The van der Waals surface area contributed by atoms with Gasteiger partial charge in [-0.25, -0.2) is 0 Å². The van der Waals surface area contributed by atoms with Gasteiger partial charge >= 0.3 is 6.18 Å². The number of rotatable bonds is 10. The van der Waals surface area contributed by atoms with Crippen molar-refractivity contribution in [2.24, 2.45) is 0 Å². The molecule has 0 atom stereocenters. The van der Waals surface area contributed by atoms with Crippen LogP contribution in [0.4, 0.5) is 23.7 Å². The summed E-state index contributed by atoms with van der Waals surface area (Å²) in [5, 5.41) is 1.60. The first kappa shape index (κ1) is 32.2. The minimum absolute atomic E-state index is 0.0126. The highest BCUT2D eigenvalue weighted by molar-refractivity contribution is 14.1. The fourth-order valence-corrected chi connectivity index (χ4v) is 5.64. The molecule has 3 amide bonds. The molecule has 4 rings (SSSR count). The highest BCUT2D eigenvalue weighted by Crippen LogP contribution is 2.38. The van der Waals surface area contributed by atoms with Gasteiger partial charge in [-0.2, -0.15) is 13.2 Å². The van der Waals surface area contributed by atoms with Crippen molar-refractivity contribution in [2.75, 3.05) is 25.6 Å². The van der Waals surface area contributed by atoms with E-state index < -0.39 is 35.3 Å². The van der Waals surface area contributed by atoms with Crippen LogP contribution in [0.15, 0.2) is 59.5 Å². The second-order valence-corrected chi connectivity index (χ2v) is 11.4. The number of alkyl halides is 3. The van der Waals surface area contributed by atoms with Crippen molar-refractivity contribution >= 4 is 63.2 Å². The molecule has 3 aromatic rings. The van der Waals surface area contributed by atoms with E-state index in [9.17, 15) is 27.6 Å². The van der Waals surface area contributed by atoms with Crippen LogP contribution in [0.2, 0.25) is 0 Å². The third-order valence-corrected chi connectivity index (χ3v) is 7.82. The molecule has 226 valence electrons. The van der Waals surface area contributed by atoms with E-state index in [4.69, 9.17) is 14.2 Å². The van der Waals surface area contributed by atoms with Crippen LogP contribution in [0.5, 0.6) is 17.2 Å².